The molecule has 74 valence electrons. The molecule has 0 bridgehead atoms. The number of rotatable bonds is 3. The van der Waals surface area contributed by atoms with E-state index in [0.717, 1.165) is 12.8 Å². The number of methoxy groups -OCH3 is 1. The lowest BCUT2D eigenvalue weighted by molar-refractivity contribution is -0.144. The Morgan fingerprint density at radius 3 is 3.00 bits per heavy atom. The molecule has 1 fully saturated rings. The van der Waals surface area contributed by atoms with E-state index in [1.165, 1.54) is 12.1 Å². The van der Waals surface area contributed by atoms with Crippen molar-refractivity contribution in [2.24, 2.45) is 0 Å². The van der Waals surface area contributed by atoms with Crippen LogP contribution in [-0.2, 0) is 14.3 Å². The van der Waals surface area contributed by atoms with Gasteiger partial charge < -0.3 is 4.74 Å². The van der Waals surface area contributed by atoms with Crippen LogP contribution < -0.4 is 5.43 Å². The highest BCUT2D eigenvalue weighted by atomic mass is 16.5. The van der Waals surface area contributed by atoms with Crippen molar-refractivity contribution in [1.29, 1.82) is 0 Å². The molecule has 1 aliphatic heterocycles. The summed E-state index contributed by atoms with van der Waals surface area (Å²) in [6, 6.07) is 0. The minimum Gasteiger partial charge on any atom is -0.375 e. The maximum absolute atomic E-state index is 11.2. The van der Waals surface area contributed by atoms with E-state index in [0.29, 0.717) is 13.0 Å². The average Bonchev–Trinajstić information content (AvgIpc) is 2.09. The van der Waals surface area contributed by atoms with Crippen molar-refractivity contribution < 1.29 is 14.3 Å². The third kappa shape index (κ3) is 3.02. The summed E-state index contributed by atoms with van der Waals surface area (Å²) in [5.41, 5.74) is 2.49. The Labute approximate surface area is 77.0 Å². The number of hydrogen-bond acceptors (Lipinski definition) is 3. The van der Waals surface area contributed by atoms with Crippen LogP contribution in [0, 0.1) is 0 Å². The minimum atomic E-state index is -0.280. The zero-order valence-electron chi connectivity index (χ0n) is 7.71. The van der Waals surface area contributed by atoms with Crippen LogP contribution in [0.2, 0.25) is 0 Å². The van der Waals surface area contributed by atoms with Crippen molar-refractivity contribution in [3.05, 3.63) is 0 Å². The molecule has 0 aromatic rings. The van der Waals surface area contributed by atoms with E-state index in [1.54, 1.807) is 0 Å². The summed E-state index contributed by atoms with van der Waals surface area (Å²) in [6.07, 6.45) is 2.38. The van der Waals surface area contributed by atoms with Crippen molar-refractivity contribution in [2.45, 2.75) is 19.3 Å². The van der Waals surface area contributed by atoms with Crippen LogP contribution in [0.15, 0.2) is 0 Å². The van der Waals surface area contributed by atoms with Crippen molar-refractivity contribution in [3.8, 4) is 0 Å². The number of ether oxygens (including phenoxy) is 1. The number of amides is 2. The molecule has 0 atom stereocenters. The highest BCUT2D eigenvalue weighted by molar-refractivity contribution is 5.83. The summed E-state index contributed by atoms with van der Waals surface area (Å²) in [7, 11) is 1.44. The van der Waals surface area contributed by atoms with E-state index in [-0.39, 0.29) is 18.4 Å². The van der Waals surface area contributed by atoms with E-state index in [1.807, 2.05) is 0 Å². The van der Waals surface area contributed by atoms with Crippen LogP contribution in [0.4, 0.5) is 0 Å². The Morgan fingerprint density at radius 1 is 1.62 bits per heavy atom. The van der Waals surface area contributed by atoms with Crippen LogP contribution in [-0.4, -0.2) is 37.1 Å². The number of carbonyl (C=O) groups is 2. The highest BCUT2D eigenvalue weighted by Crippen LogP contribution is 2.07. The molecule has 1 rings (SSSR count). The summed E-state index contributed by atoms with van der Waals surface area (Å²) >= 11 is 0. The average molecular weight is 186 g/mol. The summed E-state index contributed by atoms with van der Waals surface area (Å²) < 4.78 is 4.63. The second kappa shape index (κ2) is 4.81. The van der Waals surface area contributed by atoms with Crippen LogP contribution in [0.1, 0.15) is 19.3 Å². The van der Waals surface area contributed by atoms with E-state index in [2.05, 4.69) is 10.2 Å². The first-order chi connectivity index (χ1) is 6.24. The smallest absolute Gasteiger partial charge is 0.264 e. The molecule has 5 heteroatoms. The summed E-state index contributed by atoms with van der Waals surface area (Å²) in [5, 5.41) is 1.37. The molecule has 1 heterocycles. The van der Waals surface area contributed by atoms with Gasteiger partial charge in [0.2, 0.25) is 5.91 Å². The van der Waals surface area contributed by atoms with Crippen molar-refractivity contribution in [1.82, 2.24) is 10.4 Å². The fraction of sp³-hybridized carbons (Fsp3) is 0.750. The van der Waals surface area contributed by atoms with Crippen LogP contribution in [0.5, 0.6) is 0 Å². The molecule has 2 amide bonds. The summed E-state index contributed by atoms with van der Waals surface area (Å²) in [6.45, 7) is 0.595. The Bertz CT molecular complexity index is 206. The maximum atomic E-state index is 11.2. The number of hydrogen-bond donors (Lipinski definition) is 1. The zero-order chi connectivity index (χ0) is 9.68. The summed E-state index contributed by atoms with van der Waals surface area (Å²) in [4.78, 5) is 22.2. The number of nitrogens with zero attached hydrogens (tertiary/aromatic N) is 1. The van der Waals surface area contributed by atoms with Gasteiger partial charge in [-0.1, -0.05) is 0 Å². The monoisotopic (exact) mass is 186 g/mol. The molecular weight excluding hydrogens is 172 g/mol. The van der Waals surface area contributed by atoms with Crippen molar-refractivity contribution >= 4 is 11.8 Å². The SMILES string of the molecule is COCC(=O)NN1CCCCC1=O. The van der Waals surface area contributed by atoms with Crippen LogP contribution in [0.25, 0.3) is 0 Å². The molecule has 0 radical (unpaired) electrons. The Morgan fingerprint density at radius 2 is 2.38 bits per heavy atom. The molecule has 0 unspecified atom stereocenters. The first kappa shape index (κ1) is 9.98. The molecule has 0 aliphatic carbocycles. The van der Waals surface area contributed by atoms with Gasteiger partial charge in [0.05, 0.1) is 0 Å². The van der Waals surface area contributed by atoms with Gasteiger partial charge in [-0.25, -0.2) is 0 Å². The number of carbonyl (C=O) groups excluding carboxylic acids is 2. The van der Waals surface area contributed by atoms with E-state index >= 15 is 0 Å². The Kier molecular flexibility index (Phi) is 3.70. The predicted molar refractivity (Wildman–Crippen MR) is 45.6 cm³/mol. The molecular formula is C8H14N2O3. The number of nitrogens with one attached hydrogen (secondary N) is 1. The lowest BCUT2D eigenvalue weighted by Gasteiger charge is -2.26. The number of piperidine rings is 1. The normalized spacial score (nSPS) is 17.3. The predicted octanol–water partition coefficient (Wildman–Crippen LogP) is -0.324. The van der Waals surface area contributed by atoms with Gasteiger partial charge in [-0.05, 0) is 12.8 Å². The molecule has 0 saturated carbocycles. The van der Waals surface area contributed by atoms with Crippen molar-refractivity contribution in [2.75, 3.05) is 20.3 Å². The maximum Gasteiger partial charge on any atom is 0.264 e. The molecule has 1 aliphatic rings. The van der Waals surface area contributed by atoms with Gasteiger partial charge in [-0.3, -0.25) is 20.0 Å². The first-order valence-electron chi connectivity index (χ1n) is 4.33. The van der Waals surface area contributed by atoms with Crippen LogP contribution >= 0.6 is 0 Å². The molecule has 0 aromatic carbocycles. The van der Waals surface area contributed by atoms with Gasteiger partial charge in [0.25, 0.3) is 5.91 Å². The van der Waals surface area contributed by atoms with Crippen molar-refractivity contribution in [3.63, 3.8) is 0 Å². The third-order valence-corrected chi connectivity index (χ3v) is 1.86. The fourth-order valence-electron chi connectivity index (χ4n) is 1.24. The van der Waals surface area contributed by atoms with E-state index in [9.17, 15) is 9.59 Å². The topological polar surface area (TPSA) is 58.6 Å². The van der Waals surface area contributed by atoms with Crippen LogP contribution in [0.3, 0.4) is 0 Å². The highest BCUT2D eigenvalue weighted by Gasteiger charge is 2.19. The first-order valence-corrected chi connectivity index (χ1v) is 4.33. The second-order valence-corrected chi connectivity index (χ2v) is 2.97. The van der Waals surface area contributed by atoms with Gasteiger partial charge in [-0.2, -0.15) is 0 Å². The number of hydrazine groups is 1. The molecule has 0 aromatic heterocycles. The van der Waals surface area contributed by atoms with Gasteiger partial charge in [0.1, 0.15) is 6.61 Å². The molecule has 13 heavy (non-hydrogen) atoms. The van der Waals surface area contributed by atoms with Gasteiger partial charge in [-0.15, -0.1) is 0 Å². The van der Waals surface area contributed by atoms with E-state index in [4.69, 9.17) is 0 Å². The minimum absolute atomic E-state index is 0.0101. The fourth-order valence-corrected chi connectivity index (χ4v) is 1.24. The second-order valence-electron chi connectivity index (χ2n) is 2.97. The lowest BCUT2D eigenvalue weighted by Crippen LogP contribution is -2.49. The summed E-state index contributed by atoms with van der Waals surface area (Å²) in [5.74, 6) is -0.298. The lowest BCUT2D eigenvalue weighted by atomic mass is 10.1. The molecule has 1 N–H and O–H groups in total. The Hall–Kier alpha value is -1.10. The third-order valence-electron chi connectivity index (χ3n) is 1.86. The standard InChI is InChI=1S/C8H14N2O3/c1-13-6-7(11)9-10-5-3-2-4-8(10)12/h2-6H2,1H3,(H,9,11). The largest absolute Gasteiger partial charge is 0.375 e. The molecule has 5 nitrogen and oxygen atoms in total. The zero-order valence-corrected chi connectivity index (χ0v) is 7.71. The Balaban J connectivity index is 2.33. The quantitative estimate of drug-likeness (QED) is 0.657. The van der Waals surface area contributed by atoms with Gasteiger partial charge in [0.15, 0.2) is 0 Å². The molecule has 1 saturated heterocycles. The molecule has 0 spiro atoms. The van der Waals surface area contributed by atoms with Gasteiger partial charge in [0, 0.05) is 20.1 Å². The van der Waals surface area contributed by atoms with E-state index < -0.39 is 0 Å². The van der Waals surface area contributed by atoms with Gasteiger partial charge >= 0.3 is 0 Å².